The Morgan fingerprint density at radius 1 is 1.35 bits per heavy atom. The molecule has 1 aromatic carbocycles. The van der Waals surface area contributed by atoms with Gasteiger partial charge in [-0.15, -0.1) is 11.8 Å². The number of thioether (sulfide) groups is 1. The highest BCUT2D eigenvalue weighted by Gasteiger charge is 2.38. The van der Waals surface area contributed by atoms with Crippen LogP contribution in [0.4, 0.5) is 4.39 Å². The maximum absolute atomic E-state index is 12.7. The first kappa shape index (κ1) is 14.8. The number of aliphatic carboxylic acids is 1. The van der Waals surface area contributed by atoms with Crippen LogP contribution in [-0.4, -0.2) is 51.4 Å². The SMILES string of the molecule is O=C(O)[C@@H]1C[C@H](O)CN1C(=O)CSc1ccc(F)cc1. The first-order chi connectivity index (χ1) is 9.47. The second-order valence-electron chi connectivity index (χ2n) is 4.53. The number of carbonyl (C=O) groups is 2. The molecule has 5 nitrogen and oxygen atoms in total. The molecular formula is C13H14FNO4S. The summed E-state index contributed by atoms with van der Waals surface area (Å²) >= 11 is 1.21. The molecule has 1 heterocycles. The van der Waals surface area contributed by atoms with Gasteiger partial charge >= 0.3 is 5.97 Å². The summed E-state index contributed by atoms with van der Waals surface area (Å²) in [6, 6.07) is 4.74. The molecule has 0 saturated carbocycles. The van der Waals surface area contributed by atoms with Crippen LogP contribution in [0.5, 0.6) is 0 Å². The number of carboxylic acid groups (broad SMARTS) is 1. The molecule has 1 saturated heterocycles. The Hall–Kier alpha value is -1.60. The minimum absolute atomic E-state index is 0.0414. The van der Waals surface area contributed by atoms with Gasteiger partial charge in [0.25, 0.3) is 0 Å². The number of carboxylic acids is 1. The fourth-order valence-corrected chi connectivity index (χ4v) is 2.87. The van der Waals surface area contributed by atoms with E-state index in [1.165, 1.54) is 28.8 Å². The standard InChI is InChI=1S/C13H14FNO4S/c14-8-1-3-10(4-2-8)20-7-12(17)15-6-9(16)5-11(15)13(18)19/h1-4,9,11,16H,5-7H2,(H,18,19)/t9-,11-/m0/s1. The number of aliphatic hydroxyl groups is 1. The van der Waals surface area contributed by atoms with E-state index in [1.807, 2.05) is 0 Å². The normalized spacial score (nSPS) is 22.0. The summed E-state index contributed by atoms with van der Waals surface area (Å²) in [4.78, 5) is 24.9. The highest BCUT2D eigenvalue weighted by atomic mass is 32.2. The predicted octanol–water partition coefficient (Wildman–Crippen LogP) is 0.964. The molecule has 20 heavy (non-hydrogen) atoms. The van der Waals surface area contributed by atoms with Crippen LogP contribution in [0.1, 0.15) is 6.42 Å². The van der Waals surface area contributed by atoms with E-state index >= 15 is 0 Å². The van der Waals surface area contributed by atoms with Crippen LogP contribution >= 0.6 is 11.8 Å². The van der Waals surface area contributed by atoms with Crippen LogP contribution in [0.3, 0.4) is 0 Å². The van der Waals surface area contributed by atoms with Crippen LogP contribution < -0.4 is 0 Å². The Morgan fingerprint density at radius 3 is 2.60 bits per heavy atom. The third kappa shape index (κ3) is 3.49. The maximum atomic E-state index is 12.7. The van der Waals surface area contributed by atoms with E-state index in [0.717, 1.165) is 4.90 Å². The number of aliphatic hydroxyl groups excluding tert-OH is 1. The topological polar surface area (TPSA) is 77.8 Å². The first-order valence-electron chi connectivity index (χ1n) is 6.06. The Morgan fingerprint density at radius 2 is 2.00 bits per heavy atom. The van der Waals surface area contributed by atoms with Gasteiger partial charge in [-0.3, -0.25) is 4.79 Å². The Bertz CT molecular complexity index is 508. The molecule has 0 spiro atoms. The number of benzene rings is 1. The van der Waals surface area contributed by atoms with Gasteiger partial charge in [0.05, 0.1) is 11.9 Å². The molecule has 108 valence electrons. The lowest BCUT2D eigenvalue weighted by atomic mass is 10.2. The van der Waals surface area contributed by atoms with E-state index < -0.39 is 18.1 Å². The Labute approximate surface area is 119 Å². The fourth-order valence-electron chi connectivity index (χ4n) is 2.08. The second-order valence-corrected chi connectivity index (χ2v) is 5.58. The van der Waals surface area contributed by atoms with Gasteiger partial charge in [0.2, 0.25) is 5.91 Å². The molecule has 1 aliphatic rings. The van der Waals surface area contributed by atoms with Crippen LogP contribution in [-0.2, 0) is 9.59 Å². The fraction of sp³-hybridized carbons (Fsp3) is 0.385. The molecule has 0 aromatic heterocycles. The van der Waals surface area contributed by atoms with Crippen molar-refractivity contribution in [2.45, 2.75) is 23.5 Å². The van der Waals surface area contributed by atoms with Crippen molar-refractivity contribution in [1.29, 1.82) is 0 Å². The van der Waals surface area contributed by atoms with E-state index in [9.17, 15) is 19.1 Å². The van der Waals surface area contributed by atoms with Crippen LogP contribution in [0, 0.1) is 5.82 Å². The number of carbonyl (C=O) groups excluding carboxylic acids is 1. The van der Waals surface area contributed by atoms with Gasteiger partial charge in [0.1, 0.15) is 11.9 Å². The smallest absolute Gasteiger partial charge is 0.326 e. The van der Waals surface area contributed by atoms with Gasteiger partial charge in [-0.05, 0) is 24.3 Å². The van der Waals surface area contributed by atoms with Crippen LogP contribution in [0.2, 0.25) is 0 Å². The number of hydrogen-bond donors (Lipinski definition) is 2. The largest absolute Gasteiger partial charge is 0.480 e. The zero-order valence-electron chi connectivity index (χ0n) is 10.5. The third-order valence-corrected chi connectivity index (χ3v) is 4.06. The number of amides is 1. The van der Waals surface area contributed by atoms with E-state index in [0.29, 0.717) is 0 Å². The minimum atomic E-state index is -1.11. The van der Waals surface area contributed by atoms with Gasteiger partial charge in [-0.25, -0.2) is 9.18 Å². The van der Waals surface area contributed by atoms with Gasteiger partial charge in [0, 0.05) is 17.9 Å². The van der Waals surface area contributed by atoms with E-state index in [4.69, 9.17) is 5.11 Å². The molecule has 2 N–H and O–H groups in total. The molecule has 0 aliphatic carbocycles. The van der Waals surface area contributed by atoms with Gasteiger partial charge in [0.15, 0.2) is 0 Å². The van der Waals surface area contributed by atoms with Crippen molar-refractivity contribution in [2.24, 2.45) is 0 Å². The highest BCUT2D eigenvalue weighted by Crippen LogP contribution is 2.23. The minimum Gasteiger partial charge on any atom is -0.480 e. The molecule has 1 aromatic rings. The van der Waals surface area contributed by atoms with Crippen molar-refractivity contribution in [1.82, 2.24) is 4.90 Å². The summed E-state index contributed by atoms with van der Waals surface area (Å²) in [5, 5.41) is 18.5. The zero-order chi connectivity index (χ0) is 14.7. The van der Waals surface area contributed by atoms with E-state index in [1.54, 1.807) is 12.1 Å². The number of hydrogen-bond acceptors (Lipinski definition) is 4. The predicted molar refractivity (Wildman–Crippen MR) is 70.9 cm³/mol. The molecule has 0 radical (unpaired) electrons. The van der Waals surface area contributed by atoms with Crippen LogP contribution in [0.15, 0.2) is 29.2 Å². The monoisotopic (exact) mass is 299 g/mol. The number of halogens is 1. The van der Waals surface area contributed by atoms with E-state index in [2.05, 4.69) is 0 Å². The zero-order valence-corrected chi connectivity index (χ0v) is 11.3. The summed E-state index contributed by atoms with van der Waals surface area (Å²) in [5.41, 5.74) is 0. The summed E-state index contributed by atoms with van der Waals surface area (Å²) in [7, 11) is 0. The molecule has 1 aliphatic heterocycles. The average Bonchev–Trinajstić information content (AvgIpc) is 2.80. The third-order valence-electron chi connectivity index (χ3n) is 3.06. The summed E-state index contributed by atoms with van der Waals surface area (Å²) in [6.07, 6.45) is -0.738. The molecule has 2 atom stereocenters. The molecule has 0 bridgehead atoms. The summed E-state index contributed by atoms with van der Waals surface area (Å²) < 4.78 is 12.7. The van der Waals surface area contributed by atoms with Crippen molar-refractivity contribution < 1.29 is 24.2 Å². The van der Waals surface area contributed by atoms with Crippen molar-refractivity contribution in [3.05, 3.63) is 30.1 Å². The number of likely N-dealkylation sites (tertiary alicyclic amines) is 1. The Balaban J connectivity index is 1.94. The lowest BCUT2D eigenvalue weighted by molar-refractivity contribution is -0.147. The lowest BCUT2D eigenvalue weighted by Gasteiger charge is -2.20. The molecule has 7 heteroatoms. The van der Waals surface area contributed by atoms with Crippen molar-refractivity contribution >= 4 is 23.6 Å². The van der Waals surface area contributed by atoms with Gasteiger partial charge in [-0.2, -0.15) is 0 Å². The number of β-amino-alcohol motifs (C(OH)–C–C–N with tert-alkyl or cyclic N) is 1. The second kappa shape index (κ2) is 6.23. The van der Waals surface area contributed by atoms with Gasteiger partial charge < -0.3 is 15.1 Å². The molecule has 0 unspecified atom stereocenters. The highest BCUT2D eigenvalue weighted by molar-refractivity contribution is 8.00. The average molecular weight is 299 g/mol. The molecule has 1 amide bonds. The maximum Gasteiger partial charge on any atom is 0.326 e. The Kier molecular flexibility index (Phi) is 4.61. The molecule has 2 rings (SSSR count). The lowest BCUT2D eigenvalue weighted by Crippen LogP contribution is -2.41. The van der Waals surface area contributed by atoms with Crippen molar-refractivity contribution in [3.63, 3.8) is 0 Å². The quantitative estimate of drug-likeness (QED) is 0.810. The number of rotatable bonds is 4. The molecular weight excluding hydrogens is 285 g/mol. The number of nitrogens with zero attached hydrogens (tertiary/aromatic N) is 1. The van der Waals surface area contributed by atoms with Crippen molar-refractivity contribution in [3.8, 4) is 0 Å². The summed E-state index contributed by atoms with van der Waals surface area (Å²) in [6.45, 7) is 0.0414. The van der Waals surface area contributed by atoms with Gasteiger partial charge in [-0.1, -0.05) is 0 Å². The summed E-state index contributed by atoms with van der Waals surface area (Å²) in [5.74, 6) is -1.75. The van der Waals surface area contributed by atoms with E-state index in [-0.39, 0.29) is 30.4 Å². The van der Waals surface area contributed by atoms with Crippen LogP contribution in [0.25, 0.3) is 0 Å². The molecule has 1 fully saturated rings. The first-order valence-corrected chi connectivity index (χ1v) is 7.04. The van der Waals surface area contributed by atoms with Crippen molar-refractivity contribution in [2.75, 3.05) is 12.3 Å².